The molecule has 3 rings (SSSR count). The van der Waals surface area contributed by atoms with Gasteiger partial charge >= 0.3 is 0 Å². The Kier molecular flexibility index (Phi) is 4.08. The number of anilines is 1. The number of rotatable bonds is 3. The maximum absolute atomic E-state index is 12.4. The summed E-state index contributed by atoms with van der Waals surface area (Å²) >= 11 is 0. The van der Waals surface area contributed by atoms with Gasteiger partial charge in [-0.25, -0.2) is 9.97 Å². The van der Waals surface area contributed by atoms with Crippen molar-refractivity contribution in [3.8, 4) is 0 Å². The van der Waals surface area contributed by atoms with Gasteiger partial charge in [-0.2, -0.15) is 0 Å². The highest BCUT2D eigenvalue weighted by Gasteiger charge is 2.30. The van der Waals surface area contributed by atoms with Crippen molar-refractivity contribution in [1.29, 1.82) is 0 Å². The lowest BCUT2D eigenvalue weighted by atomic mass is 9.84. The Morgan fingerprint density at radius 2 is 2.05 bits per heavy atom. The molecule has 0 saturated heterocycles. The highest BCUT2D eigenvalue weighted by atomic mass is 16.2. The van der Waals surface area contributed by atoms with Crippen LogP contribution in [0.3, 0.4) is 0 Å². The number of aromatic nitrogens is 2. The van der Waals surface area contributed by atoms with Crippen LogP contribution in [0.1, 0.15) is 44.4 Å². The van der Waals surface area contributed by atoms with E-state index < -0.39 is 0 Å². The van der Waals surface area contributed by atoms with Crippen LogP contribution in [-0.2, 0) is 17.6 Å². The lowest BCUT2D eigenvalue weighted by Gasteiger charge is -2.30. The second kappa shape index (κ2) is 6.00. The molecule has 114 valence electrons. The fraction of sp³-hybridized carbons (Fsp3) is 0.688. The van der Waals surface area contributed by atoms with Crippen molar-refractivity contribution in [1.82, 2.24) is 14.9 Å². The van der Waals surface area contributed by atoms with Crippen LogP contribution in [0.2, 0.25) is 0 Å². The number of nitrogens with one attached hydrogen (secondary N) is 1. The Balaban J connectivity index is 1.74. The van der Waals surface area contributed by atoms with E-state index in [1.807, 2.05) is 4.90 Å². The minimum atomic E-state index is 0.283. The van der Waals surface area contributed by atoms with E-state index in [1.165, 1.54) is 12.0 Å². The normalized spacial score (nSPS) is 18.9. The molecule has 2 aliphatic rings. The minimum absolute atomic E-state index is 0.283. The molecule has 2 heterocycles. The predicted octanol–water partition coefficient (Wildman–Crippen LogP) is 2.02. The second-order valence-corrected chi connectivity index (χ2v) is 6.40. The van der Waals surface area contributed by atoms with Crippen molar-refractivity contribution < 1.29 is 4.79 Å². The molecule has 1 amide bonds. The number of fused-ring (bicyclic) bond motifs is 1. The van der Waals surface area contributed by atoms with E-state index in [1.54, 1.807) is 6.33 Å². The van der Waals surface area contributed by atoms with E-state index >= 15 is 0 Å². The Morgan fingerprint density at radius 3 is 2.71 bits per heavy atom. The molecule has 1 aromatic rings. The van der Waals surface area contributed by atoms with Crippen molar-refractivity contribution in [2.75, 3.05) is 18.4 Å². The highest BCUT2D eigenvalue weighted by molar-refractivity contribution is 5.79. The first-order chi connectivity index (χ1) is 10.1. The average molecular weight is 288 g/mol. The molecule has 0 bridgehead atoms. The molecule has 1 N–H and O–H groups in total. The Morgan fingerprint density at radius 1 is 1.29 bits per heavy atom. The molecule has 0 spiro atoms. The zero-order valence-corrected chi connectivity index (χ0v) is 12.9. The van der Waals surface area contributed by atoms with Gasteiger partial charge in [0.05, 0.1) is 5.69 Å². The van der Waals surface area contributed by atoms with Crippen LogP contribution >= 0.6 is 0 Å². The van der Waals surface area contributed by atoms with Gasteiger partial charge in [0, 0.05) is 37.0 Å². The van der Waals surface area contributed by atoms with Crippen LogP contribution < -0.4 is 5.32 Å². The van der Waals surface area contributed by atoms with Crippen LogP contribution in [0.5, 0.6) is 0 Å². The summed E-state index contributed by atoms with van der Waals surface area (Å²) in [5.74, 6) is 1.57. The maximum Gasteiger partial charge on any atom is 0.225 e. The van der Waals surface area contributed by atoms with Gasteiger partial charge in [0.15, 0.2) is 0 Å². The topological polar surface area (TPSA) is 58.1 Å². The molecule has 1 aliphatic carbocycles. The Labute approximate surface area is 126 Å². The molecule has 1 aromatic heterocycles. The molecule has 21 heavy (non-hydrogen) atoms. The summed E-state index contributed by atoms with van der Waals surface area (Å²) in [6.07, 6.45) is 6.67. The standard InChI is InChI=1S/C16H24N4O/c1-11(2)19-15-13-6-8-20(16(21)12-4-3-5-12)9-7-14(13)17-10-18-15/h10-12H,3-9H2,1-2H3,(H,17,18,19). The zero-order chi connectivity index (χ0) is 14.8. The smallest absolute Gasteiger partial charge is 0.225 e. The first-order valence-corrected chi connectivity index (χ1v) is 8.03. The van der Waals surface area contributed by atoms with Gasteiger partial charge in [-0.3, -0.25) is 4.79 Å². The van der Waals surface area contributed by atoms with Crippen molar-refractivity contribution >= 4 is 11.7 Å². The molecule has 1 fully saturated rings. The third-order valence-corrected chi connectivity index (χ3v) is 4.48. The van der Waals surface area contributed by atoms with E-state index in [4.69, 9.17) is 0 Å². The summed E-state index contributed by atoms with van der Waals surface area (Å²) in [6.45, 7) is 5.80. The minimum Gasteiger partial charge on any atom is -0.368 e. The Hall–Kier alpha value is -1.65. The molecule has 1 aliphatic heterocycles. The van der Waals surface area contributed by atoms with Gasteiger partial charge in [-0.05, 0) is 33.1 Å². The molecule has 1 saturated carbocycles. The third kappa shape index (κ3) is 3.01. The monoisotopic (exact) mass is 288 g/mol. The van der Waals surface area contributed by atoms with E-state index in [0.717, 1.165) is 50.3 Å². The van der Waals surface area contributed by atoms with Crippen LogP contribution in [-0.4, -0.2) is 39.9 Å². The molecule has 5 heteroatoms. The summed E-state index contributed by atoms with van der Waals surface area (Å²) in [4.78, 5) is 23.3. The largest absolute Gasteiger partial charge is 0.368 e. The first kappa shape index (κ1) is 14.3. The lowest BCUT2D eigenvalue weighted by molar-refractivity contribution is -0.138. The number of carbonyl (C=O) groups is 1. The molecular weight excluding hydrogens is 264 g/mol. The van der Waals surface area contributed by atoms with Crippen LogP contribution in [0.15, 0.2) is 6.33 Å². The molecule has 5 nitrogen and oxygen atoms in total. The predicted molar refractivity (Wildman–Crippen MR) is 82.1 cm³/mol. The number of hydrogen-bond acceptors (Lipinski definition) is 4. The zero-order valence-electron chi connectivity index (χ0n) is 12.9. The van der Waals surface area contributed by atoms with Gasteiger partial charge < -0.3 is 10.2 Å². The summed E-state index contributed by atoms with van der Waals surface area (Å²) in [5.41, 5.74) is 2.28. The highest BCUT2D eigenvalue weighted by Crippen LogP contribution is 2.29. The van der Waals surface area contributed by atoms with Gasteiger partial charge in [-0.1, -0.05) is 6.42 Å². The van der Waals surface area contributed by atoms with Gasteiger partial charge in [0.2, 0.25) is 5.91 Å². The van der Waals surface area contributed by atoms with E-state index in [0.29, 0.717) is 11.9 Å². The van der Waals surface area contributed by atoms with E-state index in [9.17, 15) is 4.79 Å². The van der Waals surface area contributed by atoms with E-state index in [2.05, 4.69) is 29.1 Å². The van der Waals surface area contributed by atoms with Gasteiger partial charge in [0.1, 0.15) is 12.1 Å². The molecule has 0 atom stereocenters. The first-order valence-electron chi connectivity index (χ1n) is 8.03. The SMILES string of the molecule is CC(C)Nc1ncnc2c1CCN(C(=O)C1CCC1)CC2. The van der Waals surface area contributed by atoms with Crippen molar-refractivity contribution in [3.05, 3.63) is 17.6 Å². The fourth-order valence-corrected chi connectivity index (χ4v) is 3.06. The Bertz CT molecular complexity index is 525. The third-order valence-electron chi connectivity index (χ3n) is 4.48. The lowest BCUT2D eigenvalue weighted by Crippen LogP contribution is -2.40. The second-order valence-electron chi connectivity index (χ2n) is 6.40. The fourth-order valence-electron chi connectivity index (χ4n) is 3.06. The van der Waals surface area contributed by atoms with Crippen LogP contribution in [0.4, 0.5) is 5.82 Å². The van der Waals surface area contributed by atoms with E-state index in [-0.39, 0.29) is 5.92 Å². The number of carbonyl (C=O) groups excluding carboxylic acids is 1. The van der Waals surface area contributed by atoms with Gasteiger partial charge in [-0.15, -0.1) is 0 Å². The molecule has 0 unspecified atom stereocenters. The quantitative estimate of drug-likeness (QED) is 0.924. The summed E-state index contributed by atoms with van der Waals surface area (Å²) in [6, 6.07) is 0.347. The van der Waals surface area contributed by atoms with Crippen molar-refractivity contribution in [2.45, 2.75) is 52.0 Å². The van der Waals surface area contributed by atoms with Crippen molar-refractivity contribution in [3.63, 3.8) is 0 Å². The number of nitrogens with zero attached hydrogens (tertiary/aromatic N) is 3. The molecule has 0 aromatic carbocycles. The van der Waals surface area contributed by atoms with Crippen molar-refractivity contribution in [2.24, 2.45) is 5.92 Å². The summed E-state index contributed by atoms with van der Waals surface area (Å²) in [7, 11) is 0. The maximum atomic E-state index is 12.4. The number of amides is 1. The number of hydrogen-bond donors (Lipinski definition) is 1. The molecular formula is C16H24N4O. The summed E-state index contributed by atoms with van der Waals surface area (Å²) < 4.78 is 0. The summed E-state index contributed by atoms with van der Waals surface area (Å²) in [5, 5.41) is 3.40. The van der Waals surface area contributed by atoms with Crippen LogP contribution in [0, 0.1) is 5.92 Å². The van der Waals surface area contributed by atoms with Crippen LogP contribution in [0.25, 0.3) is 0 Å². The van der Waals surface area contributed by atoms with Gasteiger partial charge in [0.25, 0.3) is 0 Å². The average Bonchev–Trinajstić information content (AvgIpc) is 2.59. The molecule has 0 radical (unpaired) electrons.